The van der Waals surface area contributed by atoms with Crippen molar-refractivity contribution in [1.82, 2.24) is 15.3 Å². The van der Waals surface area contributed by atoms with Crippen molar-refractivity contribution in [2.45, 2.75) is 33.2 Å². The van der Waals surface area contributed by atoms with Crippen molar-refractivity contribution in [3.05, 3.63) is 35.7 Å². The van der Waals surface area contributed by atoms with Gasteiger partial charge in [0.1, 0.15) is 17.2 Å². The van der Waals surface area contributed by atoms with E-state index in [4.69, 9.17) is 9.47 Å². The smallest absolute Gasteiger partial charge is 0.270 e. The van der Waals surface area contributed by atoms with Gasteiger partial charge >= 0.3 is 0 Å². The van der Waals surface area contributed by atoms with Gasteiger partial charge in [-0.15, -0.1) is 0 Å². The highest BCUT2D eigenvalue weighted by molar-refractivity contribution is 5.92. The topological polar surface area (TPSA) is 85.4 Å². The zero-order chi connectivity index (χ0) is 18.4. The van der Waals surface area contributed by atoms with Crippen LogP contribution >= 0.6 is 0 Å². The third-order valence-corrected chi connectivity index (χ3v) is 3.73. The fraction of sp³-hybridized carbons (Fsp3) is 0.389. The average molecular weight is 344 g/mol. The second-order valence-electron chi connectivity index (χ2n) is 5.69. The lowest BCUT2D eigenvalue weighted by atomic mass is 10.2. The first kappa shape index (κ1) is 18.5. The van der Waals surface area contributed by atoms with Crippen LogP contribution in [0.5, 0.6) is 11.5 Å². The van der Waals surface area contributed by atoms with Crippen molar-refractivity contribution in [2.24, 2.45) is 0 Å². The number of benzene rings is 1. The molecule has 2 aromatic rings. The van der Waals surface area contributed by atoms with Crippen LogP contribution in [0.2, 0.25) is 0 Å². The van der Waals surface area contributed by atoms with Gasteiger partial charge in [-0.25, -0.2) is 9.97 Å². The van der Waals surface area contributed by atoms with Crippen LogP contribution in [0.15, 0.2) is 24.3 Å². The van der Waals surface area contributed by atoms with Gasteiger partial charge in [0.25, 0.3) is 5.91 Å². The summed E-state index contributed by atoms with van der Waals surface area (Å²) in [6, 6.07) is 7.11. The molecule has 1 aromatic carbocycles. The van der Waals surface area contributed by atoms with Gasteiger partial charge < -0.3 is 20.1 Å². The number of carbonyl (C=O) groups is 1. The van der Waals surface area contributed by atoms with Gasteiger partial charge in [0.15, 0.2) is 0 Å². The number of aromatic nitrogens is 2. The van der Waals surface area contributed by atoms with Crippen LogP contribution in [0, 0.1) is 6.92 Å². The van der Waals surface area contributed by atoms with Crippen LogP contribution in [0.4, 0.5) is 11.6 Å². The maximum atomic E-state index is 12.3. The molecule has 0 radical (unpaired) electrons. The van der Waals surface area contributed by atoms with Crippen molar-refractivity contribution in [2.75, 3.05) is 19.5 Å². The molecular weight excluding hydrogens is 320 g/mol. The van der Waals surface area contributed by atoms with Crippen molar-refractivity contribution in [1.29, 1.82) is 0 Å². The summed E-state index contributed by atoms with van der Waals surface area (Å²) >= 11 is 0. The molecule has 2 rings (SSSR count). The maximum Gasteiger partial charge on any atom is 0.270 e. The number of nitrogens with zero attached hydrogens (tertiary/aromatic N) is 2. The molecule has 0 aliphatic heterocycles. The Morgan fingerprint density at radius 3 is 2.60 bits per heavy atom. The van der Waals surface area contributed by atoms with E-state index < -0.39 is 0 Å². The van der Waals surface area contributed by atoms with Crippen LogP contribution < -0.4 is 20.1 Å². The number of rotatable bonds is 7. The van der Waals surface area contributed by atoms with Gasteiger partial charge in [-0.05, 0) is 38.5 Å². The molecule has 1 amide bonds. The fourth-order valence-corrected chi connectivity index (χ4v) is 2.16. The zero-order valence-electron chi connectivity index (χ0n) is 15.2. The number of ether oxygens (including phenoxy) is 2. The Morgan fingerprint density at radius 1 is 1.20 bits per heavy atom. The van der Waals surface area contributed by atoms with E-state index in [0.717, 1.165) is 6.42 Å². The molecule has 0 fully saturated rings. The third-order valence-electron chi connectivity index (χ3n) is 3.73. The molecule has 1 unspecified atom stereocenters. The lowest BCUT2D eigenvalue weighted by Crippen LogP contribution is -2.32. The summed E-state index contributed by atoms with van der Waals surface area (Å²) in [4.78, 5) is 21.0. The maximum absolute atomic E-state index is 12.3. The van der Waals surface area contributed by atoms with Gasteiger partial charge in [0.2, 0.25) is 5.95 Å². The number of aryl methyl sites for hydroxylation is 1. The van der Waals surface area contributed by atoms with E-state index in [1.54, 1.807) is 32.4 Å². The largest absolute Gasteiger partial charge is 0.497 e. The summed E-state index contributed by atoms with van der Waals surface area (Å²) in [6.45, 7) is 5.78. The minimum atomic E-state index is -0.218. The minimum Gasteiger partial charge on any atom is -0.497 e. The zero-order valence-corrected chi connectivity index (χ0v) is 15.2. The first-order valence-electron chi connectivity index (χ1n) is 8.12. The molecule has 7 heteroatoms. The Morgan fingerprint density at radius 2 is 1.96 bits per heavy atom. The van der Waals surface area contributed by atoms with Crippen LogP contribution in [0.25, 0.3) is 0 Å². The van der Waals surface area contributed by atoms with Crippen molar-refractivity contribution in [3.63, 3.8) is 0 Å². The second-order valence-corrected chi connectivity index (χ2v) is 5.69. The van der Waals surface area contributed by atoms with Crippen molar-refractivity contribution >= 4 is 17.5 Å². The quantitative estimate of drug-likeness (QED) is 0.803. The first-order valence-corrected chi connectivity index (χ1v) is 8.12. The standard InChI is InChI=1S/C18H24N4O3/c1-6-11(2)19-17(23)15-9-12(3)20-18(22-15)21-14-8-7-13(24-4)10-16(14)25-5/h7-11H,6H2,1-5H3,(H,19,23)(H,20,21,22). The molecule has 134 valence electrons. The fourth-order valence-electron chi connectivity index (χ4n) is 2.16. The predicted octanol–water partition coefficient (Wildman–Crippen LogP) is 3.07. The molecule has 1 aromatic heterocycles. The number of hydrogen-bond donors (Lipinski definition) is 2. The Hall–Kier alpha value is -2.83. The van der Waals surface area contributed by atoms with Gasteiger partial charge in [-0.3, -0.25) is 4.79 Å². The Balaban J connectivity index is 2.27. The van der Waals surface area contributed by atoms with Crippen LogP contribution in [-0.4, -0.2) is 36.1 Å². The molecule has 0 aliphatic carbocycles. The molecule has 7 nitrogen and oxygen atoms in total. The second kappa shape index (κ2) is 8.32. The van der Waals surface area contributed by atoms with E-state index in [1.807, 2.05) is 26.8 Å². The number of nitrogens with one attached hydrogen (secondary N) is 2. The van der Waals surface area contributed by atoms with Gasteiger partial charge in [0, 0.05) is 17.8 Å². The molecule has 1 heterocycles. The SMILES string of the molecule is CCC(C)NC(=O)c1cc(C)nc(Nc2ccc(OC)cc2OC)n1. The molecule has 25 heavy (non-hydrogen) atoms. The molecule has 1 atom stereocenters. The minimum absolute atomic E-state index is 0.0841. The highest BCUT2D eigenvalue weighted by Crippen LogP contribution is 2.30. The summed E-state index contributed by atoms with van der Waals surface area (Å²) in [6.07, 6.45) is 0.851. The average Bonchev–Trinajstić information content (AvgIpc) is 2.61. The molecular formula is C18H24N4O3. The lowest BCUT2D eigenvalue weighted by molar-refractivity contribution is 0.0934. The normalized spacial score (nSPS) is 11.6. The molecule has 0 saturated heterocycles. The Bertz CT molecular complexity index is 749. The third kappa shape index (κ3) is 4.82. The van der Waals surface area contributed by atoms with Crippen molar-refractivity contribution in [3.8, 4) is 11.5 Å². The van der Waals surface area contributed by atoms with Crippen LogP contribution in [-0.2, 0) is 0 Å². The molecule has 0 saturated carbocycles. The van der Waals surface area contributed by atoms with E-state index in [2.05, 4.69) is 20.6 Å². The highest BCUT2D eigenvalue weighted by Gasteiger charge is 2.14. The number of methoxy groups -OCH3 is 2. The van der Waals surface area contributed by atoms with Gasteiger partial charge in [-0.2, -0.15) is 0 Å². The first-order chi connectivity index (χ1) is 12.0. The Kier molecular flexibility index (Phi) is 6.16. The molecule has 0 bridgehead atoms. The lowest BCUT2D eigenvalue weighted by Gasteiger charge is -2.14. The summed E-state index contributed by atoms with van der Waals surface area (Å²) in [7, 11) is 3.16. The summed E-state index contributed by atoms with van der Waals surface area (Å²) in [5.41, 5.74) is 1.70. The highest BCUT2D eigenvalue weighted by atomic mass is 16.5. The number of anilines is 2. The van der Waals surface area contributed by atoms with Gasteiger partial charge in [-0.1, -0.05) is 6.92 Å². The molecule has 2 N–H and O–H groups in total. The van der Waals surface area contributed by atoms with Crippen LogP contribution in [0.1, 0.15) is 36.5 Å². The Labute approximate surface area is 147 Å². The van der Waals surface area contributed by atoms with E-state index >= 15 is 0 Å². The molecule has 0 spiro atoms. The van der Waals surface area contributed by atoms with Crippen molar-refractivity contribution < 1.29 is 14.3 Å². The summed E-state index contributed by atoms with van der Waals surface area (Å²) in [5.74, 6) is 1.39. The van der Waals surface area contributed by atoms with E-state index in [0.29, 0.717) is 34.5 Å². The summed E-state index contributed by atoms with van der Waals surface area (Å²) in [5, 5.41) is 6.00. The monoisotopic (exact) mass is 344 g/mol. The number of amides is 1. The number of hydrogen-bond acceptors (Lipinski definition) is 6. The van der Waals surface area contributed by atoms with Crippen LogP contribution in [0.3, 0.4) is 0 Å². The van der Waals surface area contributed by atoms with E-state index in [9.17, 15) is 4.79 Å². The summed E-state index contributed by atoms with van der Waals surface area (Å²) < 4.78 is 10.5. The predicted molar refractivity (Wildman–Crippen MR) is 96.8 cm³/mol. The number of carbonyl (C=O) groups excluding carboxylic acids is 1. The van der Waals surface area contributed by atoms with E-state index in [-0.39, 0.29) is 11.9 Å². The van der Waals surface area contributed by atoms with Gasteiger partial charge in [0.05, 0.1) is 19.9 Å². The van der Waals surface area contributed by atoms with E-state index in [1.165, 1.54) is 0 Å². The molecule has 0 aliphatic rings.